The third-order valence-corrected chi connectivity index (χ3v) is 4.37. The van der Waals surface area contributed by atoms with Crippen LogP contribution < -0.4 is 16.3 Å². The van der Waals surface area contributed by atoms with Gasteiger partial charge in [0.15, 0.2) is 11.2 Å². The van der Waals surface area contributed by atoms with Gasteiger partial charge in [-0.1, -0.05) is 30.3 Å². The molecule has 8 nitrogen and oxygen atoms in total. The van der Waals surface area contributed by atoms with Gasteiger partial charge in [-0.3, -0.25) is 14.3 Å². The maximum absolute atomic E-state index is 12.3. The topological polar surface area (TPSA) is 88.3 Å². The average Bonchev–Trinajstić information content (AvgIpc) is 2.89. The van der Waals surface area contributed by atoms with Crippen LogP contribution in [-0.4, -0.2) is 31.9 Å². The Hall–Kier alpha value is -3.16. The monoisotopic (exact) mass is 338 g/mol. The van der Waals surface area contributed by atoms with Crippen LogP contribution in [0.1, 0.15) is 18.4 Å². The number of hydrazone groups is 1. The molecule has 8 heteroatoms. The van der Waals surface area contributed by atoms with Crippen LogP contribution in [0.3, 0.4) is 0 Å². The van der Waals surface area contributed by atoms with Crippen LogP contribution in [0.2, 0.25) is 0 Å². The van der Waals surface area contributed by atoms with E-state index in [4.69, 9.17) is 0 Å². The zero-order chi connectivity index (χ0) is 17.4. The average molecular weight is 338 g/mol. The summed E-state index contributed by atoms with van der Waals surface area (Å²) in [6, 6.07) is 9.80. The first-order valence-corrected chi connectivity index (χ1v) is 8.21. The first-order valence-electron chi connectivity index (χ1n) is 8.21. The Morgan fingerprint density at radius 3 is 2.72 bits per heavy atom. The third-order valence-electron chi connectivity index (χ3n) is 4.37. The van der Waals surface area contributed by atoms with Crippen molar-refractivity contribution < 1.29 is 0 Å². The van der Waals surface area contributed by atoms with Crippen molar-refractivity contribution in [2.24, 2.45) is 12.1 Å². The second-order valence-electron chi connectivity index (χ2n) is 6.04. The minimum atomic E-state index is -0.468. The van der Waals surface area contributed by atoms with Crippen molar-refractivity contribution in [3.63, 3.8) is 0 Å². The number of rotatable bonds is 2. The highest BCUT2D eigenvalue weighted by Gasteiger charge is 2.23. The number of aromatic nitrogens is 4. The molecule has 128 valence electrons. The number of hydrogen-bond donors (Lipinski definition) is 1. The van der Waals surface area contributed by atoms with Crippen LogP contribution in [0.15, 0.2) is 45.0 Å². The molecule has 3 heterocycles. The first kappa shape index (κ1) is 15.4. The zero-order valence-corrected chi connectivity index (χ0v) is 13.8. The molecule has 0 bridgehead atoms. The maximum atomic E-state index is 12.3. The number of anilines is 1. The number of fused-ring (bicyclic) bond motifs is 3. The fourth-order valence-corrected chi connectivity index (χ4v) is 3.05. The number of hydrogen-bond acceptors (Lipinski definition) is 5. The molecule has 0 saturated heterocycles. The molecule has 0 atom stereocenters. The minimum Gasteiger partial charge on any atom is -0.303 e. The number of H-pyrrole nitrogens is 1. The van der Waals surface area contributed by atoms with E-state index >= 15 is 0 Å². The molecular weight excluding hydrogens is 320 g/mol. The SMILES string of the molecule is Cn1c(=O)[nH]c(=O)c2c1nc1n2CCCCN1/N=C/c1ccccc1. The smallest absolute Gasteiger partial charge is 0.303 e. The van der Waals surface area contributed by atoms with Gasteiger partial charge in [0.1, 0.15) is 0 Å². The first-order chi connectivity index (χ1) is 12.1. The van der Waals surface area contributed by atoms with E-state index in [1.807, 2.05) is 34.9 Å². The van der Waals surface area contributed by atoms with Crippen molar-refractivity contribution in [1.29, 1.82) is 0 Å². The Kier molecular flexibility index (Phi) is 3.72. The van der Waals surface area contributed by atoms with Gasteiger partial charge in [-0.05, 0) is 18.4 Å². The molecule has 4 rings (SSSR count). The highest BCUT2D eigenvalue weighted by molar-refractivity contribution is 5.80. The lowest BCUT2D eigenvalue weighted by atomic mass is 10.2. The van der Waals surface area contributed by atoms with Gasteiger partial charge in [-0.25, -0.2) is 9.80 Å². The summed E-state index contributed by atoms with van der Waals surface area (Å²) in [4.78, 5) is 31.0. The highest BCUT2D eigenvalue weighted by Crippen LogP contribution is 2.23. The quantitative estimate of drug-likeness (QED) is 0.708. The molecule has 0 radical (unpaired) electrons. The fourth-order valence-electron chi connectivity index (χ4n) is 3.05. The van der Waals surface area contributed by atoms with Crippen LogP contribution in [0, 0.1) is 0 Å². The Labute approximate surface area is 143 Å². The van der Waals surface area contributed by atoms with Gasteiger partial charge in [0, 0.05) is 20.1 Å². The molecule has 3 aromatic rings. The van der Waals surface area contributed by atoms with Crippen molar-refractivity contribution in [1.82, 2.24) is 19.1 Å². The summed E-state index contributed by atoms with van der Waals surface area (Å²) >= 11 is 0. The highest BCUT2D eigenvalue weighted by atomic mass is 16.2. The second-order valence-corrected chi connectivity index (χ2v) is 6.04. The van der Waals surface area contributed by atoms with Crippen LogP contribution in [0.4, 0.5) is 5.95 Å². The van der Waals surface area contributed by atoms with Crippen molar-refractivity contribution >= 4 is 23.3 Å². The molecule has 0 saturated carbocycles. The fraction of sp³-hybridized carbons (Fsp3) is 0.294. The molecule has 1 aliphatic rings. The summed E-state index contributed by atoms with van der Waals surface area (Å²) in [7, 11) is 1.60. The Bertz CT molecular complexity index is 1060. The van der Waals surface area contributed by atoms with Crippen molar-refractivity contribution in [3.05, 3.63) is 56.7 Å². The summed E-state index contributed by atoms with van der Waals surface area (Å²) in [6.07, 6.45) is 3.64. The lowest BCUT2D eigenvalue weighted by molar-refractivity contribution is 0.664. The molecular formula is C17H18N6O2. The Balaban J connectivity index is 1.86. The van der Waals surface area contributed by atoms with E-state index in [1.165, 1.54) is 4.57 Å². The lowest BCUT2D eigenvalue weighted by Crippen LogP contribution is -2.29. The molecule has 0 amide bonds. The van der Waals surface area contributed by atoms with Crippen LogP contribution in [0.25, 0.3) is 11.2 Å². The Morgan fingerprint density at radius 1 is 1.16 bits per heavy atom. The summed E-state index contributed by atoms with van der Waals surface area (Å²) < 4.78 is 3.21. The third kappa shape index (κ3) is 2.65. The standard InChI is InChI=1S/C17H18N6O2/c1-21-14-13(15(24)20-17(21)25)22-9-5-6-10-23(16(22)19-14)18-11-12-7-3-2-4-8-12/h2-4,7-8,11H,5-6,9-10H2,1H3,(H,20,24,25)/b18-11+. The van der Waals surface area contributed by atoms with E-state index in [-0.39, 0.29) is 0 Å². The molecule has 2 aromatic heterocycles. The molecule has 0 spiro atoms. The van der Waals surface area contributed by atoms with Crippen LogP contribution in [0.5, 0.6) is 0 Å². The minimum absolute atomic E-state index is 0.380. The summed E-state index contributed by atoms with van der Waals surface area (Å²) in [5.41, 5.74) is 0.903. The van der Waals surface area contributed by atoms with Gasteiger partial charge in [-0.15, -0.1) is 0 Å². The molecule has 1 aromatic carbocycles. The summed E-state index contributed by atoms with van der Waals surface area (Å²) in [5.74, 6) is 0.589. The second kappa shape index (κ2) is 6.04. The van der Waals surface area contributed by atoms with E-state index in [1.54, 1.807) is 18.3 Å². The van der Waals surface area contributed by atoms with Gasteiger partial charge >= 0.3 is 5.69 Å². The molecule has 0 unspecified atom stereocenters. The van der Waals surface area contributed by atoms with E-state index in [0.29, 0.717) is 30.2 Å². The predicted octanol–water partition coefficient (Wildman–Crippen LogP) is 1.06. The molecule has 25 heavy (non-hydrogen) atoms. The number of aryl methyl sites for hydroxylation is 2. The van der Waals surface area contributed by atoms with E-state index in [2.05, 4.69) is 15.1 Å². The van der Waals surface area contributed by atoms with E-state index in [9.17, 15) is 9.59 Å². The van der Waals surface area contributed by atoms with Crippen molar-refractivity contribution in [2.45, 2.75) is 19.4 Å². The number of benzene rings is 1. The number of nitrogens with one attached hydrogen (secondary N) is 1. The number of aromatic amines is 1. The van der Waals surface area contributed by atoms with Crippen LogP contribution in [-0.2, 0) is 13.6 Å². The van der Waals surface area contributed by atoms with Gasteiger partial charge < -0.3 is 4.57 Å². The molecule has 0 fully saturated rings. The number of imidazole rings is 1. The molecule has 1 aliphatic heterocycles. The zero-order valence-electron chi connectivity index (χ0n) is 13.8. The largest absolute Gasteiger partial charge is 0.329 e. The van der Waals surface area contributed by atoms with Gasteiger partial charge in [0.25, 0.3) is 5.56 Å². The number of nitrogens with zero attached hydrogens (tertiary/aromatic N) is 5. The van der Waals surface area contributed by atoms with E-state index in [0.717, 1.165) is 18.4 Å². The Morgan fingerprint density at radius 2 is 1.92 bits per heavy atom. The van der Waals surface area contributed by atoms with Crippen LogP contribution >= 0.6 is 0 Å². The van der Waals surface area contributed by atoms with Crippen molar-refractivity contribution in [3.8, 4) is 0 Å². The van der Waals surface area contributed by atoms with Gasteiger partial charge in [0.2, 0.25) is 5.95 Å². The van der Waals surface area contributed by atoms with Crippen molar-refractivity contribution in [2.75, 3.05) is 11.6 Å². The molecule has 1 N–H and O–H groups in total. The van der Waals surface area contributed by atoms with Gasteiger partial charge in [-0.2, -0.15) is 10.1 Å². The normalized spacial score (nSPS) is 14.8. The van der Waals surface area contributed by atoms with E-state index < -0.39 is 11.2 Å². The van der Waals surface area contributed by atoms with Gasteiger partial charge in [0.05, 0.1) is 6.21 Å². The maximum Gasteiger partial charge on any atom is 0.329 e. The summed E-state index contributed by atoms with van der Waals surface area (Å²) in [5, 5.41) is 6.35. The predicted molar refractivity (Wildman–Crippen MR) is 96.2 cm³/mol. The lowest BCUT2D eigenvalue weighted by Gasteiger charge is -2.15. The summed E-state index contributed by atoms with van der Waals surface area (Å²) in [6.45, 7) is 1.38. The molecule has 0 aliphatic carbocycles.